The van der Waals surface area contributed by atoms with Crippen molar-refractivity contribution >= 4 is 17.5 Å². The Bertz CT molecular complexity index is 959. The van der Waals surface area contributed by atoms with E-state index in [2.05, 4.69) is 31.7 Å². The van der Waals surface area contributed by atoms with Gasteiger partial charge in [0.25, 0.3) is 11.8 Å². The highest BCUT2D eigenvalue weighted by Gasteiger charge is 2.09. The van der Waals surface area contributed by atoms with E-state index in [4.69, 9.17) is 0 Å². The van der Waals surface area contributed by atoms with Crippen LogP contribution < -0.4 is 16.2 Å². The van der Waals surface area contributed by atoms with Crippen molar-refractivity contribution in [3.05, 3.63) is 65.0 Å². The third kappa shape index (κ3) is 4.50. The lowest BCUT2D eigenvalue weighted by Crippen LogP contribution is -2.44. The summed E-state index contributed by atoms with van der Waals surface area (Å²) in [6.07, 6.45) is 1.46. The molecule has 0 radical (unpaired) electrons. The van der Waals surface area contributed by atoms with Gasteiger partial charge in [0.1, 0.15) is 6.33 Å². The van der Waals surface area contributed by atoms with E-state index in [0.29, 0.717) is 5.56 Å². The van der Waals surface area contributed by atoms with Crippen molar-refractivity contribution in [2.24, 2.45) is 0 Å². The van der Waals surface area contributed by atoms with E-state index in [9.17, 15) is 9.59 Å². The lowest BCUT2D eigenvalue weighted by atomic mass is 10.1. The minimum absolute atomic E-state index is 0.0449. The molecule has 0 bridgehead atoms. The Balaban J connectivity index is 1.51. The lowest BCUT2D eigenvalue weighted by Gasteiger charge is -2.14. The topological polar surface area (TPSA) is 114 Å². The zero-order valence-electron chi connectivity index (χ0n) is 15.9. The monoisotopic (exact) mass is 379 g/mol. The molecule has 144 valence electrons. The zero-order valence-corrected chi connectivity index (χ0v) is 15.9. The van der Waals surface area contributed by atoms with Gasteiger partial charge >= 0.3 is 0 Å². The standard InChI is InChI=1S/C19H21N7O2/c1-12-8-13(2)18(14(3)9-12)20-10-17(27)22-23-19(28)15-4-6-16(7-5-15)26-11-21-24-25-26/h4-9,11,20H,10H2,1-3H3,(H,22,27)(H,23,28). The number of carbonyl (C=O) groups excluding carboxylic acids is 2. The van der Waals surface area contributed by atoms with Crippen LogP contribution in [0.15, 0.2) is 42.7 Å². The van der Waals surface area contributed by atoms with Crippen LogP contribution in [0.5, 0.6) is 0 Å². The fourth-order valence-electron chi connectivity index (χ4n) is 2.92. The number of rotatable bonds is 5. The number of aromatic nitrogens is 4. The van der Waals surface area contributed by atoms with Gasteiger partial charge in [0.2, 0.25) is 0 Å². The first-order valence-corrected chi connectivity index (χ1v) is 8.68. The highest BCUT2D eigenvalue weighted by Crippen LogP contribution is 2.21. The Morgan fingerprint density at radius 2 is 1.68 bits per heavy atom. The molecule has 0 unspecified atom stereocenters. The number of nitrogens with zero attached hydrogens (tertiary/aromatic N) is 4. The highest BCUT2D eigenvalue weighted by molar-refractivity contribution is 5.95. The maximum atomic E-state index is 12.2. The Hall–Kier alpha value is -3.75. The third-order valence-electron chi connectivity index (χ3n) is 4.16. The number of aryl methyl sites for hydroxylation is 3. The Labute approximate surface area is 162 Å². The molecule has 3 N–H and O–H groups in total. The van der Waals surface area contributed by atoms with E-state index in [-0.39, 0.29) is 12.5 Å². The van der Waals surface area contributed by atoms with Gasteiger partial charge in [-0.25, -0.2) is 4.68 Å². The van der Waals surface area contributed by atoms with E-state index in [1.54, 1.807) is 24.3 Å². The quantitative estimate of drug-likeness (QED) is 0.579. The van der Waals surface area contributed by atoms with Crippen molar-refractivity contribution < 1.29 is 9.59 Å². The maximum Gasteiger partial charge on any atom is 0.269 e. The lowest BCUT2D eigenvalue weighted by molar-refractivity contribution is -0.120. The highest BCUT2D eigenvalue weighted by atomic mass is 16.2. The van der Waals surface area contributed by atoms with Crippen LogP contribution in [0.3, 0.4) is 0 Å². The fourth-order valence-corrected chi connectivity index (χ4v) is 2.92. The van der Waals surface area contributed by atoms with Gasteiger partial charge in [0.15, 0.2) is 0 Å². The molecule has 3 rings (SSSR count). The summed E-state index contributed by atoms with van der Waals surface area (Å²) in [4.78, 5) is 24.2. The molecule has 9 nitrogen and oxygen atoms in total. The number of tetrazole rings is 1. The van der Waals surface area contributed by atoms with Crippen LogP contribution >= 0.6 is 0 Å². The predicted octanol–water partition coefficient (Wildman–Crippen LogP) is 1.46. The van der Waals surface area contributed by atoms with Crippen molar-refractivity contribution in [2.45, 2.75) is 20.8 Å². The summed E-state index contributed by atoms with van der Waals surface area (Å²) in [5, 5.41) is 14.0. The minimum atomic E-state index is -0.417. The van der Waals surface area contributed by atoms with Gasteiger partial charge in [-0.15, -0.1) is 5.10 Å². The summed E-state index contributed by atoms with van der Waals surface area (Å²) in [5.41, 5.74) is 10.2. The second kappa shape index (κ2) is 8.30. The van der Waals surface area contributed by atoms with Gasteiger partial charge in [-0.1, -0.05) is 17.7 Å². The number of anilines is 1. The summed E-state index contributed by atoms with van der Waals surface area (Å²) < 4.78 is 1.48. The molecule has 28 heavy (non-hydrogen) atoms. The van der Waals surface area contributed by atoms with E-state index in [1.165, 1.54) is 16.6 Å². The number of nitrogens with one attached hydrogen (secondary N) is 3. The van der Waals surface area contributed by atoms with Crippen LogP contribution in [-0.4, -0.2) is 38.6 Å². The van der Waals surface area contributed by atoms with E-state index >= 15 is 0 Å². The molecule has 1 aromatic heterocycles. The van der Waals surface area contributed by atoms with Crippen LogP contribution in [0, 0.1) is 20.8 Å². The van der Waals surface area contributed by atoms with Crippen LogP contribution in [0.2, 0.25) is 0 Å². The molecule has 2 aromatic carbocycles. The number of hydrogen-bond donors (Lipinski definition) is 3. The number of hydrazine groups is 1. The Kier molecular flexibility index (Phi) is 5.64. The first-order chi connectivity index (χ1) is 13.4. The molecule has 0 aliphatic heterocycles. The molecule has 0 saturated heterocycles. The molecule has 0 aliphatic carbocycles. The van der Waals surface area contributed by atoms with Crippen LogP contribution in [0.25, 0.3) is 5.69 Å². The second-order valence-electron chi connectivity index (χ2n) is 6.43. The van der Waals surface area contributed by atoms with Crippen molar-refractivity contribution in [1.82, 2.24) is 31.1 Å². The maximum absolute atomic E-state index is 12.2. The summed E-state index contributed by atoms with van der Waals surface area (Å²) in [5.74, 6) is -0.766. The molecule has 3 aromatic rings. The molecule has 0 saturated carbocycles. The zero-order chi connectivity index (χ0) is 20.1. The second-order valence-corrected chi connectivity index (χ2v) is 6.43. The van der Waals surface area contributed by atoms with Crippen LogP contribution in [0.1, 0.15) is 27.0 Å². The predicted molar refractivity (Wildman–Crippen MR) is 104 cm³/mol. The van der Waals surface area contributed by atoms with Crippen LogP contribution in [-0.2, 0) is 4.79 Å². The molecule has 1 heterocycles. The van der Waals surface area contributed by atoms with Crippen molar-refractivity contribution in [3.8, 4) is 5.69 Å². The molecule has 2 amide bonds. The number of benzene rings is 2. The molecular formula is C19H21N7O2. The van der Waals surface area contributed by atoms with Gasteiger partial charge < -0.3 is 5.32 Å². The van der Waals surface area contributed by atoms with Crippen molar-refractivity contribution in [3.63, 3.8) is 0 Å². The van der Waals surface area contributed by atoms with Gasteiger partial charge in [-0.05, 0) is 66.6 Å². The van der Waals surface area contributed by atoms with Gasteiger partial charge in [-0.2, -0.15) is 0 Å². The summed E-state index contributed by atoms with van der Waals surface area (Å²) in [7, 11) is 0. The van der Waals surface area contributed by atoms with E-state index < -0.39 is 5.91 Å². The largest absolute Gasteiger partial charge is 0.376 e. The summed E-state index contributed by atoms with van der Waals surface area (Å²) in [6.45, 7) is 6.05. The number of carbonyl (C=O) groups is 2. The molecule has 0 aliphatic rings. The minimum Gasteiger partial charge on any atom is -0.376 e. The molecule has 0 atom stereocenters. The fraction of sp³-hybridized carbons (Fsp3) is 0.211. The van der Waals surface area contributed by atoms with Gasteiger partial charge in [0.05, 0.1) is 12.2 Å². The average molecular weight is 379 g/mol. The third-order valence-corrected chi connectivity index (χ3v) is 4.16. The Morgan fingerprint density at radius 3 is 2.29 bits per heavy atom. The smallest absolute Gasteiger partial charge is 0.269 e. The van der Waals surface area contributed by atoms with E-state index in [0.717, 1.165) is 22.5 Å². The normalized spacial score (nSPS) is 10.4. The Morgan fingerprint density at radius 1 is 1.00 bits per heavy atom. The summed E-state index contributed by atoms with van der Waals surface area (Å²) in [6, 6.07) is 10.8. The van der Waals surface area contributed by atoms with Gasteiger partial charge in [0, 0.05) is 11.3 Å². The average Bonchev–Trinajstić information content (AvgIpc) is 3.20. The molecular weight excluding hydrogens is 358 g/mol. The molecule has 0 fully saturated rings. The molecule has 9 heteroatoms. The molecule has 0 spiro atoms. The van der Waals surface area contributed by atoms with E-state index in [1.807, 2.05) is 32.9 Å². The first-order valence-electron chi connectivity index (χ1n) is 8.68. The van der Waals surface area contributed by atoms with Crippen molar-refractivity contribution in [1.29, 1.82) is 0 Å². The number of amides is 2. The van der Waals surface area contributed by atoms with Crippen molar-refractivity contribution in [2.75, 3.05) is 11.9 Å². The summed E-state index contributed by atoms with van der Waals surface area (Å²) >= 11 is 0. The SMILES string of the molecule is Cc1cc(C)c(NCC(=O)NNC(=O)c2ccc(-n3cnnn3)cc2)c(C)c1. The first kappa shape index (κ1) is 19.0. The van der Waals surface area contributed by atoms with Gasteiger partial charge in [-0.3, -0.25) is 20.4 Å². The van der Waals surface area contributed by atoms with Crippen LogP contribution in [0.4, 0.5) is 5.69 Å². The number of hydrogen-bond acceptors (Lipinski definition) is 6.